The number of hydrogen-bond acceptors (Lipinski definition) is 4. The Morgan fingerprint density at radius 2 is 2.08 bits per heavy atom. The average molecular weight is 348 g/mol. The van der Waals surface area contributed by atoms with Crippen LogP contribution in [0.25, 0.3) is 21.9 Å². The van der Waals surface area contributed by atoms with Gasteiger partial charge in [0.05, 0.1) is 19.2 Å². The second-order valence-electron chi connectivity index (χ2n) is 7.32. The zero-order valence-electron chi connectivity index (χ0n) is 15.4. The van der Waals surface area contributed by atoms with Crippen LogP contribution in [-0.2, 0) is 18.3 Å². The van der Waals surface area contributed by atoms with Crippen molar-refractivity contribution in [2.45, 2.75) is 32.2 Å². The van der Waals surface area contributed by atoms with Crippen LogP contribution in [0.3, 0.4) is 0 Å². The van der Waals surface area contributed by atoms with Gasteiger partial charge >= 0.3 is 0 Å². The van der Waals surface area contributed by atoms with Crippen LogP contribution in [-0.4, -0.2) is 44.6 Å². The van der Waals surface area contributed by atoms with Gasteiger partial charge in [0.2, 0.25) is 0 Å². The summed E-state index contributed by atoms with van der Waals surface area (Å²) < 4.78 is 1.80. The molecule has 0 amide bonds. The first-order valence-electron chi connectivity index (χ1n) is 9.22. The summed E-state index contributed by atoms with van der Waals surface area (Å²) in [5.41, 5.74) is 3.06. The van der Waals surface area contributed by atoms with Gasteiger partial charge in [-0.1, -0.05) is 12.1 Å². The Labute approximate surface area is 153 Å². The fourth-order valence-electron chi connectivity index (χ4n) is 3.75. The number of rotatable bonds is 5. The van der Waals surface area contributed by atoms with E-state index < -0.39 is 0 Å². The normalized spacial score (nSPS) is 17.8. The van der Waals surface area contributed by atoms with Crippen molar-refractivity contribution in [1.29, 1.82) is 0 Å². The molecule has 0 bridgehead atoms. The fraction of sp³-hybridized carbons (Fsp3) is 0.381. The molecule has 4 rings (SSSR count). The maximum atomic E-state index is 12.4. The number of carbonyl (C=O) groups excluding carboxylic acids is 1. The highest BCUT2D eigenvalue weighted by Crippen LogP contribution is 2.24. The van der Waals surface area contributed by atoms with E-state index in [0.29, 0.717) is 19.0 Å². The van der Waals surface area contributed by atoms with E-state index in [9.17, 15) is 4.79 Å². The zero-order chi connectivity index (χ0) is 18.1. The number of aryl methyl sites for hydroxylation is 1. The number of hydrogen-bond donors (Lipinski definition) is 0. The first-order valence-corrected chi connectivity index (χ1v) is 9.22. The molecule has 26 heavy (non-hydrogen) atoms. The van der Waals surface area contributed by atoms with Crippen molar-refractivity contribution >= 4 is 16.6 Å². The lowest BCUT2D eigenvalue weighted by molar-refractivity contribution is -0.119. The maximum absolute atomic E-state index is 12.4. The van der Waals surface area contributed by atoms with Crippen LogP contribution in [0.4, 0.5) is 0 Å². The van der Waals surface area contributed by atoms with Gasteiger partial charge < -0.3 is 0 Å². The number of likely N-dealkylation sites (tertiary alicyclic amines) is 1. The molecule has 134 valence electrons. The highest BCUT2D eigenvalue weighted by atomic mass is 16.1. The van der Waals surface area contributed by atoms with E-state index in [4.69, 9.17) is 0 Å². The second-order valence-corrected chi connectivity index (χ2v) is 7.32. The van der Waals surface area contributed by atoms with Gasteiger partial charge in [-0.3, -0.25) is 19.4 Å². The molecule has 1 fully saturated rings. The van der Waals surface area contributed by atoms with Crippen molar-refractivity contribution in [3.63, 3.8) is 0 Å². The molecule has 0 spiro atoms. The Bertz CT molecular complexity index is 946. The number of carbonyl (C=O) groups is 1. The Morgan fingerprint density at radius 1 is 1.19 bits per heavy atom. The summed E-state index contributed by atoms with van der Waals surface area (Å²) >= 11 is 0. The predicted octanol–water partition coefficient (Wildman–Crippen LogP) is 3.23. The van der Waals surface area contributed by atoms with Gasteiger partial charge in [0.1, 0.15) is 0 Å². The highest BCUT2D eigenvalue weighted by molar-refractivity contribution is 5.88. The Hall–Kier alpha value is -2.53. The predicted molar refractivity (Wildman–Crippen MR) is 103 cm³/mol. The van der Waals surface area contributed by atoms with E-state index >= 15 is 0 Å². The number of pyridine rings is 1. The van der Waals surface area contributed by atoms with Gasteiger partial charge in [-0.2, -0.15) is 5.10 Å². The SMILES string of the molecule is C[C@@H]1CCCN1CC(=O)Cc1cc2cc(-c3cnn(C)c3)ccc2cn1. The lowest BCUT2D eigenvalue weighted by Crippen LogP contribution is -2.33. The van der Waals surface area contributed by atoms with Crippen molar-refractivity contribution in [3.8, 4) is 11.1 Å². The van der Waals surface area contributed by atoms with E-state index in [1.165, 1.54) is 12.8 Å². The summed E-state index contributed by atoms with van der Waals surface area (Å²) in [5.74, 6) is 0.244. The third-order valence-electron chi connectivity index (χ3n) is 5.26. The third-order valence-corrected chi connectivity index (χ3v) is 5.26. The van der Waals surface area contributed by atoms with Crippen molar-refractivity contribution in [1.82, 2.24) is 19.7 Å². The van der Waals surface area contributed by atoms with Gasteiger partial charge in [0, 0.05) is 42.1 Å². The van der Waals surface area contributed by atoms with Crippen LogP contribution in [0.15, 0.2) is 42.9 Å². The molecule has 1 aliphatic heterocycles. The molecule has 3 aromatic rings. The van der Waals surface area contributed by atoms with Gasteiger partial charge in [0.15, 0.2) is 5.78 Å². The lowest BCUT2D eigenvalue weighted by Gasteiger charge is -2.19. The largest absolute Gasteiger partial charge is 0.298 e. The number of aromatic nitrogens is 3. The van der Waals surface area contributed by atoms with Gasteiger partial charge in [-0.05, 0) is 49.4 Å². The molecular weight excluding hydrogens is 324 g/mol. The number of fused-ring (bicyclic) bond motifs is 1. The molecule has 0 radical (unpaired) electrons. The molecule has 0 saturated carbocycles. The monoisotopic (exact) mass is 348 g/mol. The van der Waals surface area contributed by atoms with Gasteiger partial charge in [0.25, 0.3) is 0 Å². The highest BCUT2D eigenvalue weighted by Gasteiger charge is 2.22. The first kappa shape index (κ1) is 16.9. The summed E-state index contributed by atoms with van der Waals surface area (Å²) in [6, 6.07) is 8.86. The summed E-state index contributed by atoms with van der Waals surface area (Å²) in [7, 11) is 1.92. The van der Waals surface area contributed by atoms with Crippen LogP contribution in [0.5, 0.6) is 0 Å². The van der Waals surface area contributed by atoms with Gasteiger partial charge in [-0.15, -0.1) is 0 Å². The first-order chi connectivity index (χ1) is 12.6. The van der Waals surface area contributed by atoms with Crippen LogP contribution >= 0.6 is 0 Å². The molecule has 1 aliphatic rings. The Kier molecular flexibility index (Phi) is 4.55. The molecule has 2 aromatic heterocycles. The topological polar surface area (TPSA) is 51.0 Å². The standard InChI is InChI=1S/C21H24N4O/c1-15-4-3-7-25(15)14-21(26)10-20-9-18-8-16(5-6-17(18)11-22-20)19-12-23-24(2)13-19/h5-6,8-9,11-13,15H,3-4,7,10,14H2,1-2H3/t15-/m1/s1. The van der Waals surface area contributed by atoms with Crippen molar-refractivity contribution < 1.29 is 4.79 Å². The molecule has 5 heteroatoms. The molecule has 0 aliphatic carbocycles. The van der Waals surface area contributed by atoms with E-state index in [-0.39, 0.29) is 5.78 Å². The van der Waals surface area contributed by atoms with Gasteiger partial charge in [-0.25, -0.2) is 0 Å². The third kappa shape index (κ3) is 3.53. The minimum absolute atomic E-state index is 0.244. The number of Topliss-reactive ketones (excluding diaryl/α,β-unsaturated/α-hetero) is 1. The quantitative estimate of drug-likeness (QED) is 0.710. The second kappa shape index (κ2) is 7.00. The fourth-order valence-corrected chi connectivity index (χ4v) is 3.75. The van der Waals surface area contributed by atoms with E-state index in [1.807, 2.05) is 31.7 Å². The molecule has 0 unspecified atom stereocenters. The van der Waals surface area contributed by atoms with Crippen LogP contribution < -0.4 is 0 Å². The molecule has 0 N–H and O–H groups in total. The number of nitrogens with zero attached hydrogens (tertiary/aromatic N) is 4. The molecule has 1 aromatic carbocycles. The lowest BCUT2D eigenvalue weighted by atomic mass is 10.0. The van der Waals surface area contributed by atoms with Crippen LogP contribution in [0, 0.1) is 0 Å². The average Bonchev–Trinajstić information content (AvgIpc) is 3.23. The smallest absolute Gasteiger partial charge is 0.152 e. The minimum atomic E-state index is 0.244. The summed E-state index contributed by atoms with van der Waals surface area (Å²) in [6.07, 6.45) is 8.52. The molecule has 1 saturated heterocycles. The van der Waals surface area contributed by atoms with E-state index in [2.05, 4.69) is 40.1 Å². The summed E-state index contributed by atoms with van der Waals surface area (Å²) in [4.78, 5) is 19.2. The minimum Gasteiger partial charge on any atom is -0.298 e. The zero-order valence-corrected chi connectivity index (χ0v) is 15.4. The van der Waals surface area contributed by atoms with Crippen molar-refractivity contribution in [2.75, 3.05) is 13.1 Å². The Balaban J connectivity index is 1.53. The summed E-state index contributed by atoms with van der Waals surface area (Å²) in [5, 5.41) is 6.43. The maximum Gasteiger partial charge on any atom is 0.152 e. The Morgan fingerprint density at radius 3 is 2.81 bits per heavy atom. The number of benzene rings is 1. The van der Waals surface area contributed by atoms with E-state index in [0.717, 1.165) is 34.1 Å². The molecule has 3 heterocycles. The molecule has 1 atom stereocenters. The van der Waals surface area contributed by atoms with Crippen LogP contribution in [0.1, 0.15) is 25.5 Å². The van der Waals surface area contributed by atoms with E-state index in [1.54, 1.807) is 4.68 Å². The molecular formula is C21H24N4O. The number of ketones is 1. The molecule has 5 nitrogen and oxygen atoms in total. The summed E-state index contributed by atoms with van der Waals surface area (Å²) in [6.45, 7) is 3.78. The van der Waals surface area contributed by atoms with Crippen LogP contribution in [0.2, 0.25) is 0 Å². The van der Waals surface area contributed by atoms with Crippen molar-refractivity contribution in [2.24, 2.45) is 7.05 Å². The van der Waals surface area contributed by atoms with Crippen molar-refractivity contribution in [3.05, 3.63) is 48.5 Å².